The number of rotatable bonds is 7. The predicted molar refractivity (Wildman–Crippen MR) is 86.1 cm³/mol. The molecule has 3 heteroatoms. The second-order valence-corrected chi connectivity index (χ2v) is 6.30. The predicted octanol–water partition coefficient (Wildman–Crippen LogP) is 3.62. The van der Waals surface area contributed by atoms with Crippen molar-refractivity contribution in [3.05, 3.63) is 30.0 Å². The van der Waals surface area contributed by atoms with Gasteiger partial charge < -0.3 is 5.32 Å². The van der Waals surface area contributed by atoms with E-state index in [1.807, 2.05) is 0 Å². The lowest BCUT2D eigenvalue weighted by Gasteiger charge is -2.24. The molecule has 0 saturated carbocycles. The highest BCUT2D eigenvalue weighted by Gasteiger charge is 2.21. The molecule has 0 aliphatic carbocycles. The molecular weight excluding hydrogens is 246 g/mol. The van der Waals surface area contributed by atoms with Crippen molar-refractivity contribution in [1.82, 2.24) is 15.1 Å². The Bertz CT molecular complexity index is 554. The summed E-state index contributed by atoms with van der Waals surface area (Å²) in [5, 5.41) is 9.64. The summed E-state index contributed by atoms with van der Waals surface area (Å²) in [5.41, 5.74) is 2.71. The van der Waals surface area contributed by atoms with E-state index < -0.39 is 0 Å². The number of fused-ring (bicyclic) bond motifs is 1. The Labute approximate surface area is 122 Å². The van der Waals surface area contributed by atoms with Crippen LogP contribution in [0.5, 0.6) is 0 Å². The average molecular weight is 273 g/mol. The minimum Gasteiger partial charge on any atom is -0.316 e. The molecule has 2 aromatic rings. The summed E-state index contributed by atoms with van der Waals surface area (Å²) in [6, 6.07) is 8.56. The van der Waals surface area contributed by atoms with E-state index >= 15 is 0 Å². The number of benzene rings is 1. The Morgan fingerprint density at radius 2 is 1.95 bits per heavy atom. The van der Waals surface area contributed by atoms with Crippen LogP contribution in [0.15, 0.2) is 24.3 Å². The summed E-state index contributed by atoms with van der Waals surface area (Å²) in [5.74, 6) is 0. The smallest absolute Gasteiger partial charge is 0.0709 e. The molecule has 0 fully saturated rings. The lowest BCUT2D eigenvalue weighted by atomic mass is 9.87. The molecule has 1 heterocycles. The van der Waals surface area contributed by atoms with Crippen molar-refractivity contribution in [3.8, 4) is 0 Å². The molecule has 0 atom stereocenters. The van der Waals surface area contributed by atoms with E-state index in [0.717, 1.165) is 26.1 Å². The first-order valence-electron chi connectivity index (χ1n) is 7.72. The second-order valence-electron chi connectivity index (χ2n) is 6.30. The van der Waals surface area contributed by atoms with Crippen molar-refractivity contribution in [2.75, 3.05) is 13.1 Å². The van der Waals surface area contributed by atoms with Crippen molar-refractivity contribution in [1.29, 1.82) is 0 Å². The molecule has 0 unspecified atom stereocenters. The summed E-state index contributed by atoms with van der Waals surface area (Å²) >= 11 is 0. The van der Waals surface area contributed by atoms with E-state index in [0.29, 0.717) is 0 Å². The van der Waals surface area contributed by atoms with Crippen LogP contribution < -0.4 is 5.32 Å². The molecule has 0 radical (unpaired) electrons. The Morgan fingerprint density at radius 1 is 1.20 bits per heavy atom. The fraction of sp³-hybridized carbons (Fsp3) is 0.588. The van der Waals surface area contributed by atoms with Gasteiger partial charge in [0.05, 0.1) is 11.2 Å². The Morgan fingerprint density at radius 3 is 2.65 bits per heavy atom. The number of para-hydroxylation sites is 1. The Balaban J connectivity index is 2.20. The third-order valence-electron chi connectivity index (χ3n) is 3.71. The number of hydrogen-bond donors (Lipinski definition) is 1. The van der Waals surface area contributed by atoms with Gasteiger partial charge in [-0.05, 0) is 37.8 Å². The van der Waals surface area contributed by atoms with Gasteiger partial charge in [0.1, 0.15) is 0 Å². The quantitative estimate of drug-likeness (QED) is 0.781. The number of aryl methyl sites for hydroxylation is 1. The highest BCUT2D eigenvalue weighted by Crippen LogP contribution is 2.26. The maximum absolute atomic E-state index is 4.81. The van der Waals surface area contributed by atoms with Gasteiger partial charge in [-0.15, -0.1) is 0 Å². The monoisotopic (exact) mass is 273 g/mol. The van der Waals surface area contributed by atoms with E-state index in [9.17, 15) is 0 Å². The molecule has 0 aliphatic rings. The van der Waals surface area contributed by atoms with E-state index in [1.165, 1.54) is 23.0 Å². The van der Waals surface area contributed by atoms with E-state index in [2.05, 4.69) is 62.0 Å². The van der Waals surface area contributed by atoms with E-state index in [1.54, 1.807) is 0 Å². The van der Waals surface area contributed by atoms with Gasteiger partial charge in [0, 0.05) is 18.5 Å². The zero-order chi connectivity index (χ0) is 14.6. The first kappa shape index (κ1) is 15.0. The molecule has 0 aliphatic heterocycles. The third-order valence-corrected chi connectivity index (χ3v) is 3.71. The summed E-state index contributed by atoms with van der Waals surface area (Å²) in [6.07, 6.45) is 2.20. The zero-order valence-corrected chi connectivity index (χ0v) is 13.2. The maximum atomic E-state index is 4.81. The Kier molecular flexibility index (Phi) is 4.81. The molecule has 3 nitrogen and oxygen atoms in total. The molecule has 1 aromatic carbocycles. The van der Waals surface area contributed by atoms with E-state index in [-0.39, 0.29) is 5.41 Å². The van der Waals surface area contributed by atoms with Gasteiger partial charge in [0.2, 0.25) is 0 Å². The van der Waals surface area contributed by atoms with Gasteiger partial charge in [0.15, 0.2) is 0 Å². The largest absolute Gasteiger partial charge is 0.316 e. The molecule has 20 heavy (non-hydrogen) atoms. The first-order valence-corrected chi connectivity index (χ1v) is 7.72. The summed E-state index contributed by atoms with van der Waals surface area (Å²) < 4.78 is 2.11. The van der Waals surface area contributed by atoms with Gasteiger partial charge in [-0.2, -0.15) is 5.10 Å². The topological polar surface area (TPSA) is 29.9 Å². The first-order chi connectivity index (χ1) is 9.57. The van der Waals surface area contributed by atoms with Gasteiger partial charge in [-0.3, -0.25) is 4.68 Å². The van der Waals surface area contributed by atoms with Gasteiger partial charge in [0.25, 0.3) is 0 Å². The van der Waals surface area contributed by atoms with Crippen LogP contribution >= 0.6 is 0 Å². The number of nitrogens with zero attached hydrogens (tertiary/aromatic N) is 2. The molecule has 0 spiro atoms. The van der Waals surface area contributed by atoms with Crippen molar-refractivity contribution < 1.29 is 0 Å². The van der Waals surface area contributed by atoms with Crippen LogP contribution in [0.1, 0.15) is 39.8 Å². The lowest BCUT2D eigenvalue weighted by Crippen LogP contribution is -2.31. The lowest BCUT2D eigenvalue weighted by molar-refractivity contribution is 0.335. The maximum Gasteiger partial charge on any atom is 0.0709 e. The minimum atomic E-state index is 0.227. The second kappa shape index (κ2) is 6.40. The highest BCUT2D eigenvalue weighted by atomic mass is 15.3. The van der Waals surface area contributed by atoms with E-state index in [4.69, 9.17) is 5.10 Å². The van der Waals surface area contributed by atoms with Gasteiger partial charge in [-0.25, -0.2) is 0 Å². The fourth-order valence-electron chi connectivity index (χ4n) is 2.69. The van der Waals surface area contributed by atoms with Crippen molar-refractivity contribution in [3.63, 3.8) is 0 Å². The number of nitrogens with one attached hydrogen (secondary N) is 1. The SMILES string of the molecule is CCCNCC(C)(C)Cc1nn(CC)c2ccccc12. The summed E-state index contributed by atoms with van der Waals surface area (Å²) in [7, 11) is 0. The summed E-state index contributed by atoms with van der Waals surface area (Å²) in [6.45, 7) is 12.0. The molecule has 0 saturated heterocycles. The molecule has 0 bridgehead atoms. The molecule has 110 valence electrons. The van der Waals surface area contributed by atoms with Crippen molar-refractivity contribution in [2.24, 2.45) is 5.41 Å². The van der Waals surface area contributed by atoms with Crippen molar-refractivity contribution >= 4 is 10.9 Å². The van der Waals surface area contributed by atoms with Crippen LogP contribution in [-0.4, -0.2) is 22.9 Å². The van der Waals surface area contributed by atoms with Crippen LogP contribution in [0.25, 0.3) is 10.9 Å². The van der Waals surface area contributed by atoms with Crippen LogP contribution in [-0.2, 0) is 13.0 Å². The van der Waals surface area contributed by atoms with Gasteiger partial charge >= 0.3 is 0 Å². The molecule has 0 amide bonds. The highest BCUT2D eigenvalue weighted by molar-refractivity contribution is 5.82. The summed E-state index contributed by atoms with van der Waals surface area (Å²) in [4.78, 5) is 0. The minimum absolute atomic E-state index is 0.227. The number of hydrogen-bond acceptors (Lipinski definition) is 2. The van der Waals surface area contributed by atoms with Crippen LogP contribution in [0.4, 0.5) is 0 Å². The Hall–Kier alpha value is -1.35. The standard InChI is InChI=1S/C17H27N3/c1-5-11-18-13-17(3,4)12-15-14-9-7-8-10-16(14)20(6-2)19-15/h7-10,18H,5-6,11-13H2,1-4H3. The third kappa shape index (κ3) is 3.40. The number of aromatic nitrogens is 2. The normalized spacial score (nSPS) is 12.2. The molecule has 1 aromatic heterocycles. The molecular formula is C17H27N3. The zero-order valence-electron chi connectivity index (χ0n) is 13.2. The van der Waals surface area contributed by atoms with Crippen molar-refractivity contribution in [2.45, 2.75) is 47.1 Å². The fourth-order valence-corrected chi connectivity index (χ4v) is 2.69. The van der Waals surface area contributed by atoms with Crippen LogP contribution in [0, 0.1) is 5.41 Å². The average Bonchev–Trinajstić information content (AvgIpc) is 2.77. The van der Waals surface area contributed by atoms with Gasteiger partial charge in [-0.1, -0.05) is 39.0 Å². The van der Waals surface area contributed by atoms with Crippen LogP contribution in [0.3, 0.4) is 0 Å². The molecule has 1 N–H and O–H groups in total. The van der Waals surface area contributed by atoms with Crippen LogP contribution in [0.2, 0.25) is 0 Å². The molecule has 2 rings (SSSR count).